The van der Waals surface area contributed by atoms with Gasteiger partial charge in [0.1, 0.15) is 5.60 Å². The normalized spacial score (nSPS) is 17.2. The van der Waals surface area contributed by atoms with E-state index in [9.17, 15) is 9.59 Å². The van der Waals surface area contributed by atoms with Gasteiger partial charge in [-0.05, 0) is 38.8 Å². The molecule has 0 unspecified atom stereocenters. The van der Waals surface area contributed by atoms with Gasteiger partial charge in [0, 0.05) is 0 Å². The van der Waals surface area contributed by atoms with Crippen molar-refractivity contribution >= 4 is 17.9 Å². The lowest BCUT2D eigenvalue weighted by Crippen LogP contribution is -2.53. The van der Waals surface area contributed by atoms with Gasteiger partial charge in [-0.1, -0.05) is 24.4 Å². The molecule has 2 N–H and O–H groups in total. The van der Waals surface area contributed by atoms with E-state index in [0.717, 1.165) is 32.1 Å². The van der Waals surface area contributed by atoms with Crippen LogP contribution in [0.15, 0.2) is 0 Å². The fourth-order valence-corrected chi connectivity index (χ4v) is 2.94. The zero-order chi connectivity index (χ0) is 17.8. The number of aromatic nitrogens is 4. The third-order valence-corrected chi connectivity index (χ3v) is 3.83. The van der Waals surface area contributed by atoms with Gasteiger partial charge in [-0.3, -0.25) is 10.1 Å². The van der Waals surface area contributed by atoms with Gasteiger partial charge in [-0.2, -0.15) is 4.80 Å². The second kappa shape index (κ2) is 7.14. The summed E-state index contributed by atoms with van der Waals surface area (Å²) < 4.78 is 5.42. The molecule has 9 heteroatoms. The molecule has 0 saturated heterocycles. The highest BCUT2D eigenvalue weighted by Gasteiger charge is 2.37. The van der Waals surface area contributed by atoms with Crippen LogP contribution in [0.5, 0.6) is 0 Å². The second-order valence-electron chi connectivity index (χ2n) is 7.29. The lowest BCUT2D eigenvalue weighted by atomic mass is 9.79. The number of hydrogen-bond donors (Lipinski definition) is 2. The number of urea groups is 1. The molecule has 9 nitrogen and oxygen atoms in total. The Morgan fingerprint density at radius 1 is 1.25 bits per heavy atom. The number of tetrazole rings is 1. The van der Waals surface area contributed by atoms with Crippen molar-refractivity contribution in [3.8, 4) is 0 Å². The molecule has 1 aliphatic carbocycles. The summed E-state index contributed by atoms with van der Waals surface area (Å²) in [7, 11) is 1.61. The van der Waals surface area contributed by atoms with Gasteiger partial charge in [0.2, 0.25) is 0 Å². The molecular formula is C15H26N6O3. The van der Waals surface area contributed by atoms with E-state index in [0.29, 0.717) is 0 Å². The summed E-state index contributed by atoms with van der Waals surface area (Å²) in [5.41, 5.74) is -1.13. The Bertz CT molecular complexity index is 586. The number of nitrogens with one attached hydrogen (secondary N) is 2. The van der Waals surface area contributed by atoms with Crippen LogP contribution in [0.25, 0.3) is 0 Å². The van der Waals surface area contributed by atoms with Crippen LogP contribution in [-0.4, -0.2) is 43.3 Å². The van der Waals surface area contributed by atoms with Crippen molar-refractivity contribution in [2.45, 2.75) is 70.4 Å². The molecule has 1 aliphatic rings. The van der Waals surface area contributed by atoms with E-state index in [2.05, 4.69) is 26.0 Å². The van der Waals surface area contributed by atoms with Crippen molar-refractivity contribution in [1.82, 2.24) is 25.5 Å². The lowest BCUT2D eigenvalue weighted by Gasteiger charge is -2.37. The van der Waals surface area contributed by atoms with Crippen molar-refractivity contribution < 1.29 is 14.3 Å². The Morgan fingerprint density at radius 2 is 1.92 bits per heavy atom. The number of esters is 1. The summed E-state index contributed by atoms with van der Waals surface area (Å²) >= 11 is 0. The zero-order valence-electron chi connectivity index (χ0n) is 14.8. The van der Waals surface area contributed by atoms with E-state index >= 15 is 0 Å². The van der Waals surface area contributed by atoms with Crippen LogP contribution in [0, 0.1) is 0 Å². The molecule has 0 radical (unpaired) electrons. The standard InChI is InChI=1S/C15H26N6O3/c1-14(2,3)24-11(22)10-15(8-6-5-7-9-15)17-13(23)16-12-18-20-21(4)19-12/h5-10H2,1-4H3,(H2,16,17,19,23). The number of aryl methyl sites for hydroxylation is 1. The average molecular weight is 338 g/mol. The molecule has 1 aromatic heterocycles. The Balaban J connectivity index is 2.01. The first-order valence-electron chi connectivity index (χ1n) is 8.23. The minimum absolute atomic E-state index is 0.123. The predicted molar refractivity (Wildman–Crippen MR) is 87.2 cm³/mol. The first-order chi connectivity index (χ1) is 11.2. The first-order valence-corrected chi connectivity index (χ1v) is 8.23. The molecule has 1 fully saturated rings. The summed E-state index contributed by atoms with van der Waals surface area (Å²) in [5.74, 6) is -0.180. The zero-order valence-corrected chi connectivity index (χ0v) is 14.8. The lowest BCUT2D eigenvalue weighted by molar-refractivity contribution is -0.156. The molecular weight excluding hydrogens is 312 g/mol. The Kier molecular flexibility index (Phi) is 5.40. The molecule has 1 aromatic rings. The molecule has 1 saturated carbocycles. The smallest absolute Gasteiger partial charge is 0.322 e. The number of carbonyl (C=O) groups is 2. The first kappa shape index (κ1) is 18.2. The van der Waals surface area contributed by atoms with Crippen molar-refractivity contribution in [3.63, 3.8) is 0 Å². The summed E-state index contributed by atoms with van der Waals surface area (Å²) in [6.07, 6.45) is 4.68. The van der Waals surface area contributed by atoms with E-state index in [1.807, 2.05) is 20.8 Å². The number of ether oxygens (including phenoxy) is 1. The third kappa shape index (κ3) is 5.47. The fraction of sp³-hybridized carbons (Fsp3) is 0.800. The quantitative estimate of drug-likeness (QED) is 0.809. The largest absolute Gasteiger partial charge is 0.460 e. The molecule has 134 valence electrons. The SMILES string of the molecule is Cn1nnc(NC(=O)NC2(CC(=O)OC(C)(C)C)CCCCC2)n1. The van der Waals surface area contributed by atoms with E-state index in [1.165, 1.54) is 4.80 Å². The van der Waals surface area contributed by atoms with Crippen LogP contribution < -0.4 is 10.6 Å². The summed E-state index contributed by atoms with van der Waals surface area (Å²) in [6, 6.07) is -0.437. The highest BCUT2D eigenvalue weighted by atomic mass is 16.6. The van der Waals surface area contributed by atoms with Crippen molar-refractivity contribution in [2.75, 3.05) is 5.32 Å². The Labute approximate surface area is 141 Å². The molecule has 0 atom stereocenters. The minimum atomic E-state index is -0.590. The molecule has 2 rings (SSSR count). The number of rotatable bonds is 4. The van der Waals surface area contributed by atoms with Crippen LogP contribution >= 0.6 is 0 Å². The maximum atomic E-state index is 12.3. The highest BCUT2D eigenvalue weighted by molar-refractivity contribution is 5.88. The maximum Gasteiger partial charge on any atom is 0.322 e. The van der Waals surface area contributed by atoms with Gasteiger partial charge >= 0.3 is 12.0 Å². The van der Waals surface area contributed by atoms with Crippen molar-refractivity contribution in [3.05, 3.63) is 0 Å². The van der Waals surface area contributed by atoms with Gasteiger partial charge < -0.3 is 10.1 Å². The van der Waals surface area contributed by atoms with Gasteiger partial charge in [0.25, 0.3) is 5.95 Å². The van der Waals surface area contributed by atoms with Gasteiger partial charge in [0.05, 0.1) is 19.0 Å². The van der Waals surface area contributed by atoms with Gasteiger partial charge in [0.15, 0.2) is 0 Å². The van der Waals surface area contributed by atoms with E-state index < -0.39 is 17.2 Å². The summed E-state index contributed by atoms with van der Waals surface area (Å²) in [6.45, 7) is 5.50. The number of amides is 2. The minimum Gasteiger partial charge on any atom is -0.460 e. The summed E-state index contributed by atoms with van der Waals surface area (Å²) in [5, 5.41) is 16.8. The van der Waals surface area contributed by atoms with Crippen LogP contribution in [0.1, 0.15) is 59.3 Å². The molecule has 0 aromatic carbocycles. The number of carbonyl (C=O) groups excluding carboxylic acids is 2. The molecule has 0 aliphatic heterocycles. The van der Waals surface area contributed by atoms with E-state index in [1.54, 1.807) is 7.05 Å². The molecule has 2 amide bonds. The topological polar surface area (TPSA) is 111 Å². The van der Waals surface area contributed by atoms with E-state index in [4.69, 9.17) is 4.74 Å². The Morgan fingerprint density at radius 3 is 2.46 bits per heavy atom. The monoisotopic (exact) mass is 338 g/mol. The summed E-state index contributed by atoms with van der Waals surface area (Å²) in [4.78, 5) is 25.8. The van der Waals surface area contributed by atoms with E-state index in [-0.39, 0.29) is 18.3 Å². The average Bonchev–Trinajstić information content (AvgIpc) is 2.82. The highest BCUT2D eigenvalue weighted by Crippen LogP contribution is 2.32. The second-order valence-corrected chi connectivity index (χ2v) is 7.29. The molecule has 1 heterocycles. The Hall–Kier alpha value is -2.19. The third-order valence-electron chi connectivity index (χ3n) is 3.83. The number of hydrogen-bond acceptors (Lipinski definition) is 6. The van der Waals surface area contributed by atoms with Gasteiger partial charge in [-0.25, -0.2) is 4.79 Å². The van der Waals surface area contributed by atoms with Crippen molar-refractivity contribution in [2.24, 2.45) is 7.05 Å². The van der Waals surface area contributed by atoms with Crippen LogP contribution in [-0.2, 0) is 16.6 Å². The van der Waals surface area contributed by atoms with Gasteiger partial charge in [-0.15, -0.1) is 5.10 Å². The van der Waals surface area contributed by atoms with Crippen LogP contribution in [0.3, 0.4) is 0 Å². The predicted octanol–water partition coefficient (Wildman–Crippen LogP) is 1.77. The number of nitrogens with zero attached hydrogens (tertiary/aromatic N) is 4. The van der Waals surface area contributed by atoms with Crippen molar-refractivity contribution in [1.29, 1.82) is 0 Å². The van der Waals surface area contributed by atoms with Crippen LogP contribution in [0.4, 0.5) is 10.7 Å². The molecule has 0 bridgehead atoms. The maximum absolute atomic E-state index is 12.3. The molecule has 24 heavy (non-hydrogen) atoms. The number of anilines is 1. The fourth-order valence-electron chi connectivity index (χ4n) is 2.94. The van der Waals surface area contributed by atoms with Crippen LogP contribution in [0.2, 0.25) is 0 Å². The molecule has 0 spiro atoms.